The monoisotopic (exact) mass is 604 g/mol. The van der Waals surface area contributed by atoms with Gasteiger partial charge in [-0.15, -0.1) is 0 Å². The van der Waals surface area contributed by atoms with Crippen LogP contribution in [0.3, 0.4) is 0 Å². The van der Waals surface area contributed by atoms with E-state index in [4.69, 9.17) is 4.98 Å². The molecule has 0 spiro atoms. The zero-order valence-corrected chi connectivity index (χ0v) is 27.7. The minimum absolute atomic E-state index is 0.0767. The van der Waals surface area contributed by atoms with Crippen LogP contribution < -0.4 is 5.32 Å². The normalized spacial score (nSPS) is 18.5. The van der Waals surface area contributed by atoms with E-state index < -0.39 is 0 Å². The molecule has 0 aliphatic heterocycles. The second-order valence-corrected chi connectivity index (χ2v) is 14.0. The molecule has 1 atom stereocenters. The van der Waals surface area contributed by atoms with E-state index in [1.54, 1.807) is 5.57 Å². The van der Waals surface area contributed by atoms with E-state index in [1.165, 1.54) is 103 Å². The molecule has 1 N–H and O–H groups in total. The number of nitrogens with one attached hydrogen (secondary N) is 1. The fourth-order valence-corrected chi connectivity index (χ4v) is 8.30. The van der Waals surface area contributed by atoms with Gasteiger partial charge < -0.3 is 5.32 Å². The average molecular weight is 605 g/mol. The fourth-order valence-electron chi connectivity index (χ4n) is 8.30. The van der Waals surface area contributed by atoms with E-state index in [2.05, 4.69) is 122 Å². The standard InChI is InChI=1S/C44H48N2/c1-31(2)35-23-11-14-27-40(35)44(42-30-16-29-41(45-42)39-28-15-22-32-21-9-10-24-36(32)39)46-43-37(33-17-5-3-6-18-33)25-12-13-26-38(43)34-19-7-4-8-20-34/h9-11,14-16,21-25,27-31,33-34,44,46H,3-8,17-20,26H2,1-2H3. The first-order valence-corrected chi connectivity index (χ1v) is 17.9. The van der Waals surface area contributed by atoms with Crippen molar-refractivity contribution in [3.05, 3.63) is 125 Å². The third kappa shape index (κ3) is 6.43. The van der Waals surface area contributed by atoms with Crippen LogP contribution in [0.1, 0.15) is 113 Å². The molecule has 2 heteroatoms. The van der Waals surface area contributed by atoms with Crippen LogP contribution in [0.4, 0.5) is 0 Å². The maximum Gasteiger partial charge on any atom is 0.0943 e. The predicted molar refractivity (Wildman–Crippen MR) is 193 cm³/mol. The third-order valence-electron chi connectivity index (χ3n) is 10.7. The fraction of sp³-hybridized carbons (Fsp3) is 0.386. The summed E-state index contributed by atoms with van der Waals surface area (Å²) in [5.41, 5.74) is 10.4. The number of nitrogens with zero attached hydrogens (tertiary/aromatic N) is 1. The summed E-state index contributed by atoms with van der Waals surface area (Å²) < 4.78 is 0. The largest absolute Gasteiger partial charge is 0.373 e. The van der Waals surface area contributed by atoms with Crippen LogP contribution in [-0.2, 0) is 0 Å². The Labute approximate surface area is 276 Å². The zero-order chi connectivity index (χ0) is 31.3. The van der Waals surface area contributed by atoms with Crippen molar-refractivity contribution >= 4 is 10.8 Å². The quantitative estimate of drug-likeness (QED) is 0.202. The van der Waals surface area contributed by atoms with Crippen LogP contribution >= 0.6 is 0 Å². The average Bonchev–Trinajstić information content (AvgIpc) is 3.33. The molecule has 3 aliphatic carbocycles. The van der Waals surface area contributed by atoms with Crippen molar-refractivity contribution in [2.24, 2.45) is 11.8 Å². The lowest BCUT2D eigenvalue weighted by Crippen LogP contribution is -2.30. The van der Waals surface area contributed by atoms with Gasteiger partial charge in [0.15, 0.2) is 0 Å². The molecule has 46 heavy (non-hydrogen) atoms. The highest BCUT2D eigenvalue weighted by Crippen LogP contribution is 2.42. The SMILES string of the molecule is CC(C)c1ccccc1C(NC1=C(C2CCCCC2)CC#CC=C1C1CCCCC1)c1cccc(-c2cccc3ccccc23)n1. The van der Waals surface area contributed by atoms with Gasteiger partial charge in [0.1, 0.15) is 0 Å². The summed E-state index contributed by atoms with van der Waals surface area (Å²) in [5, 5.41) is 6.79. The topological polar surface area (TPSA) is 24.9 Å². The van der Waals surface area contributed by atoms with Crippen LogP contribution in [0.5, 0.6) is 0 Å². The molecule has 2 fully saturated rings. The molecule has 3 aliphatic rings. The first-order chi connectivity index (χ1) is 22.7. The molecular weight excluding hydrogens is 556 g/mol. The summed E-state index contributed by atoms with van der Waals surface area (Å²) >= 11 is 0. The molecule has 0 amide bonds. The summed E-state index contributed by atoms with van der Waals surface area (Å²) in [6.45, 7) is 4.63. The molecule has 0 bridgehead atoms. The number of hydrogen-bond acceptors (Lipinski definition) is 2. The van der Waals surface area contributed by atoms with E-state index in [0.29, 0.717) is 17.8 Å². The van der Waals surface area contributed by atoms with E-state index in [-0.39, 0.29) is 6.04 Å². The number of aromatic nitrogens is 1. The Morgan fingerprint density at radius 1 is 0.696 bits per heavy atom. The van der Waals surface area contributed by atoms with E-state index in [0.717, 1.165) is 17.8 Å². The molecule has 2 nitrogen and oxygen atoms in total. The summed E-state index contributed by atoms with van der Waals surface area (Å²) in [4.78, 5) is 5.50. The van der Waals surface area contributed by atoms with Crippen molar-refractivity contribution < 1.29 is 0 Å². The molecule has 4 aromatic rings. The smallest absolute Gasteiger partial charge is 0.0943 e. The van der Waals surface area contributed by atoms with Crippen molar-refractivity contribution in [2.75, 3.05) is 0 Å². The van der Waals surface area contributed by atoms with Gasteiger partial charge in [-0.3, -0.25) is 4.98 Å². The lowest BCUT2D eigenvalue weighted by Gasteiger charge is -2.34. The van der Waals surface area contributed by atoms with Crippen LogP contribution in [0, 0.1) is 23.7 Å². The molecule has 1 aromatic heterocycles. The molecule has 1 heterocycles. The number of rotatable bonds is 8. The maximum atomic E-state index is 5.50. The van der Waals surface area contributed by atoms with Crippen LogP contribution in [0.25, 0.3) is 22.0 Å². The molecule has 234 valence electrons. The molecule has 1 unspecified atom stereocenters. The second kappa shape index (κ2) is 14.1. The first kappa shape index (κ1) is 30.6. The van der Waals surface area contributed by atoms with Gasteiger partial charge in [0.05, 0.1) is 17.4 Å². The molecule has 3 aromatic carbocycles. The number of pyridine rings is 1. The Balaban J connectivity index is 1.39. The van der Waals surface area contributed by atoms with Gasteiger partial charge in [-0.1, -0.05) is 137 Å². The van der Waals surface area contributed by atoms with Crippen molar-refractivity contribution in [2.45, 2.75) is 96.4 Å². The van der Waals surface area contributed by atoms with Gasteiger partial charge in [0, 0.05) is 17.7 Å². The molecular formula is C44H48N2. The Morgan fingerprint density at radius 2 is 1.37 bits per heavy atom. The van der Waals surface area contributed by atoms with Crippen molar-refractivity contribution in [3.63, 3.8) is 0 Å². The first-order valence-electron chi connectivity index (χ1n) is 17.9. The summed E-state index contributed by atoms with van der Waals surface area (Å²) in [6, 6.07) is 30.8. The van der Waals surface area contributed by atoms with E-state index >= 15 is 0 Å². The van der Waals surface area contributed by atoms with Crippen molar-refractivity contribution in [1.82, 2.24) is 10.3 Å². The minimum Gasteiger partial charge on any atom is -0.373 e. The Hall–Kier alpha value is -4.09. The van der Waals surface area contributed by atoms with Gasteiger partial charge in [-0.25, -0.2) is 0 Å². The summed E-state index contributed by atoms with van der Waals surface area (Å²) in [6.07, 6.45) is 16.2. The zero-order valence-electron chi connectivity index (χ0n) is 27.7. The highest BCUT2D eigenvalue weighted by molar-refractivity contribution is 5.95. The second-order valence-electron chi connectivity index (χ2n) is 14.0. The lowest BCUT2D eigenvalue weighted by molar-refractivity contribution is 0.384. The van der Waals surface area contributed by atoms with Gasteiger partial charge >= 0.3 is 0 Å². The molecule has 0 radical (unpaired) electrons. The van der Waals surface area contributed by atoms with E-state index in [1.807, 2.05) is 0 Å². The van der Waals surface area contributed by atoms with Gasteiger partial charge in [-0.05, 0) is 94.7 Å². The van der Waals surface area contributed by atoms with Gasteiger partial charge in [-0.2, -0.15) is 0 Å². The number of hydrogen-bond donors (Lipinski definition) is 1. The van der Waals surface area contributed by atoms with E-state index in [9.17, 15) is 0 Å². The molecule has 0 saturated heterocycles. The Bertz CT molecular complexity index is 1800. The number of benzene rings is 3. The number of fused-ring (bicyclic) bond motifs is 1. The Morgan fingerprint density at radius 3 is 2.15 bits per heavy atom. The van der Waals surface area contributed by atoms with Crippen LogP contribution in [0.2, 0.25) is 0 Å². The highest BCUT2D eigenvalue weighted by Gasteiger charge is 2.31. The summed E-state index contributed by atoms with van der Waals surface area (Å²) in [5.74, 6) is 8.67. The van der Waals surface area contributed by atoms with Crippen molar-refractivity contribution in [1.29, 1.82) is 0 Å². The van der Waals surface area contributed by atoms with Crippen LogP contribution in [-0.4, -0.2) is 4.98 Å². The Kier molecular flexibility index (Phi) is 9.39. The minimum atomic E-state index is -0.0767. The summed E-state index contributed by atoms with van der Waals surface area (Å²) in [7, 11) is 0. The van der Waals surface area contributed by atoms with Gasteiger partial charge in [0.2, 0.25) is 0 Å². The number of allylic oxidation sites excluding steroid dienone is 3. The van der Waals surface area contributed by atoms with Crippen LogP contribution in [0.15, 0.2) is 108 Å². The molecule has 2 saturated carbocycles. The predicted octanol–water partition coefficient (Wildman–Crippen LogP) is 11.5. The highest BCUT2D eigenvalue weighted by atomic mass is 15.0. The van der Waals surface area contributed by atoms with Gasteiger partial charge in [0.25, 0.3) is 0 Å². The third-order valence-corrected chi connectivity index (χ3v) is 10.7. The maximum absolute atomic E-state index is 5.50. The van der Waals surface area contributed by atoms with Crippen molar-refractivity contribution in [3.8, 4) is 23.1 Å². The molecule has 7 rings (SSSR count). The lowest BCUT2D eigenvalue weighted by atomic mass is 9.77.